The Morgan fingerprint density at radius 3 is 2.68 bits per heavy atom. The van der Waals surface area contributed by atoms with Crippen LogP contribution in [0.4, 0.5) is 10.8 Å². The molecule has 0 spiro atoms. The number of hydrogen-bond acceptors (Lipinski definition) is 4. The van der Waals surface area contributed by atoms with Gasteiger partial charge in [0.05, 0.1) is 16.9 Å². The van der Waals surface area contributed by atoms with E-state index in [1.54, 1.807) is 6.07 Å². The summed E-state index contributed by atoms with van der Waals surface area (Å²) in [6.07, 6.45) is 6.73. The molecule has 5 nitrogen and oxygen atoms in total. The minimum atomic E-state index is -0.285. The number of hydrogen-bond donors (Lipinski definition) is 2. The van der Waals surface area contributed by atoms with Crippen LogP contribution >= 0.6 is 22.9 Å². The summed E-state index contributed by atoms with van der Waals surface area (Å²) in [5.74, 6) is -0.226. The number of carbonyl (C=O) groups is 2. The summed E-state index contributed by atoms with van der Waals surface area (Å²) in [4.78, 5) is 29.3. The maximum Gasteiger partial charge on any atom is 0.267 e. The van der Waals surface area contributed by atoms with Crippen LogP contribution in [0.2, 0.25) is 5.02 Å². The normalized spacial score (nSPS) is 15.0. The first-order valence-corrected chi connectivity index (χ1v) is 9.57. The molecule has 1 saturated carbocycles. The number of para-hydroxylation sites is 1. The van der Waals surface area contributed by atoms with Gasteiger partial charge >= 0.3 is 0 Å². The summed E-state index contributed by atoms with van der Waals surface area (Å²) in [5, 5.41) is 6.59. The van der Waals surface area contributed by atoms with E-state index in [0.717, 1.165) is 31.2 Å². The molecule has 1 aliphatic carbocycles. The van der Waals surface area contributed by atoms with Crippen LogP contribution in [0, 0.1) is 12.8 Å². The third-order valence-corrected chi connectivity index (χ3v) is 5.62. The van der Waals surface area contributed by atoms with Gasteiger partial charge < -0.3 is 10.6 Å². The Hall–Kier alpha value is -1.92. The summed E-state index contributed by atoms with van der Waals surface area (Å²) >= 11 is 7.30. The minimum absolute atomic E-state index is 0.00274. The van der Waals surface area contributed by atoms with Gasteiger partial charge in [0.25, 0.3) is 5.91 Å². The summed E-state index contributed by atoms with van der Waals surface area (Å²) in [7, 11) is 0. The maximum atomic E-state index is 12.4. The number of carbonyl (C=O) groups excluding carboxylic acids is 2. The molecule has 1 aromatic carbocycles. The van der Waals surface area contributed by atoms with Gasteiger partial charge in [-0.15, -0.1) is 0 Å². The molecular formula is C18H20ClN3O2S. The molecule has 25 heavy (non-hydrogen) atoms. The molecular weight excluding hydrogens is 358 g/mol. The number of halogens is 1. The molecule has 3 rings (SSSR count). The topological polar surface area (TPSA) is 71.1 Å². The van der Waals surface area contributed by atoms with Crippen LogP contribution in [0.5, 0.6) is 0 Å². The molecule has 2 aromatic rings. The number of thiazole rings is 1. The van der Waals surface area contributed by atoms with Crippen LogP contribution in [0.25, 0.3) is 0 Å². The van der Waals surface area contributed by atoms with E-state index in [2.05, 4.69) is 15.6 Å². The van der Waals surface area contributed by atoms with Crippen molar-refractivity contribution in [2.24, 2.45) is 5.92 Å². The smallest absolute Gasteiger partial charge is 0.267 e. The fourth-order valence-corrected chi connectivity index (χ4v) is 3.96. The zero-order valence-corrected chi connectivity index (χ0v) is 15.5. The van der Waals surface area contributed by atoms with Crippen molar-refractivity contribution in [2.75, 3.05) is 10.6 Å². The molecule has 2 N–H and O–H groups in total. The van der Waals surface area contributed by atoms with Gasteiger partial charge in [-0.1, -0.05) is 54.3 Å². The third kappa shape index (κ3) is 4.38. The zero-order chi connectivity index (χ0) is 17.8. The van der Waals surface area contributed by atoms with Gasteiger partial charge in [-0.25, -0.2) is 4.98 Å². The van der Waals surface area contributed by atoms with Crippen molar-refractivity contribution in [2.45, 2.75) is 39.0 Å². The van der Waals surface area contributed by atoms with Crippen molar-refractivity contribution in [3.05, 3.63) is 39.9 Å². The molecule has 2 amide bonds. The second-order valence-electron chi connectivity index (χ2n) is 6.24. The quantitative estimate of drug-likeness (QED) is 0.797. The van der Waals surface area contributed by atoms with Crippen LogP contribution < -0.4 is 10.6 Å². The minimum Gasteiger partial charge on any atom is -0.320 e. The molecule has 1 heterocycles. The Labute approximate surface area is 155 Å². The molecule has 1 aliphatic rings. The SMILES string of the molecule is Cc1cccc(Cl)c1NC(=O)c1cnc(NC(=O)C2CCCCC2)s1. The summed E-state index contributed by atoms with van der Waals surface area (Å²) < 4.78 is 0. The van der Waals surface area contributed by atoms with Gasteiger partial charge in [0, 0.05) is 5.92 Å². The predicted octanol–water partition coefficient (Wildman–Crippen LogP) is 4.88. The number of nitrogens with one attached hydrogen (secondary N) is 2. The number of aromatic nitrogens is 1. The monoisotopic (exact) mass is 377 g/mol. The summed E-state index contributed by atoms with van der Waals surface area (Å²) in [6, 6.07) is 5.44. The zero-order valence-electron chi connectivity index (χ0n) is 14.0. The number of aryl methyl sites for hydroxylation is 1. The Morgan fingerprint density at radius 1 is 1.20 bits per heavy atom. The highest BCUT2D eigenvalue weighted by Crippen LogP contribution is 2.28. The third-order valence-electron chi connectivity index (χ3n) is 4.40. The number of nitrogens with zero attached hydrogens (tertiary/aromatic N) is 1. The van der Waals surface area contributed by atoms with Crippen molar-refractivity contribution in [1.82, 2.24) is 4.98 Å². The van der Waals surface area contributed by atoms with Crippen LogP contribution in [0.1, 0.15) is 47.3 Å². The van der Waals surface area contributed by atoms with Crippen molar-refractivity contribution >= 4 is 45.6 Å². The lowest BCUT2D eigenvalue weighted by Gasteiger charge is -2.19. The van der Waals surface area contributed by atoms with Crippen molar-refractivity contribution in [1.29, 1.82) is 0 Å². The summed E-state index contributed by atoms with van der Waals surface area (Å²) in [6.45, 7) is 1.88. The highest BCUT2D eigenvalue weighted by molar-refractivity contribution is 7.17. The number of amides is 2. The lowest BCUT2D eigenvalue weighted by atomic mass is 9.89. The molecule has 1 aromatic heterocycles. The molecule has 132 valence electrons. The average molecular weight is 378 g/mol. The average Bonchev–Trinajstić information content (AvgIpc) is 3.07. The van der Waals surface area contributed by atoms with Gasteiger partial charge in [0.2, 0.25) is 5.91 Å². The van der Waals surface area contributed by atoms with E-state index in [1.807, 2.05) is 19.1 Å². The molecule has 0 aliphatic heterocycles. The Kier molecular flexibility index (Phi) is 5.71. The molecule has 0 bridgehead atoms. The number of anilines is 2. The molecule has 0 radical (unpaired) electrons. The largest absolute Gasteiger partial charge is 0.320 e. The lowest BCUT2D eigenvalue weighted by Crippen LogP contribution is -2.24. The second kappa shape index (κ2) is 7.97. The van der Waals surface area contributed by atoms with Gasteiger partial charge in [-0.2, -0.15) is 0 Å². The molecule has 0 unspecified atom stereocenters. The van der Waals surface area contributed by atoms with Crippen molar-refractivity contribution in [3.63, 3.8) is 0 Å². The van der Waals surface area contributed by atoms with Gasteiger partial charge in [0.15, 0.2) is 5.13 Å². The van der Waals surface area contributed by atoms with Crippen molar-refractivity contribution in [3.8, 4) is 0 Å². The van der Waals surface area contributed by atoms with E-state index in [4.69, 9.17) is 11.6 Å². The second-order valence-corrected chi connectivity index (χ2v) is 7.68. The van der Waals surface area contributed by atoms with Crippen molar-refractivity contribution < 1.29 is 9.59 Å². The Bertz CT molecular complexity index is 764. The fourth-order valence-electron chi connectivity index (χ4n) is 2.97. The Morgan fingerprint density at radius 2 is 1.96 bits per heavy atom. The Balaban J connectivity index is 1.64. The van der Waals surface area contributed by atoms with E-state index in [9.17, 15) is 9.59 Å². The van der Waals surface area contributed by atoms with E-state index in [-0.39, 0.29) is 17.7 Å². The highest BCUT2D eigenvalue weighted by Gasteiger charge is 2.22. The van der Waals surface area contributed by atoms with Gasteiger partial charge in [-0.3, -0.25) is 9.59 Å². The maximum absolute atomic E-state index is 12.4. The number of benzene rings is 1. The van der Waals surface area contributed by atoms with Crippen LogP contribution in [-0.2, 0) is 4.79 Å². The first kappa shape index (κ1) is 17.9. The van der Waals surface area contributed by atoms with E-state index in [1.165, 1.54) is 24.0 Å². The molecule has 1 fully saturated rings. The predicted molar refractivity (Wildman–Crippen MR) is 101 cm³/mol. The molecule has 0 saturated heterocycles. The molecule has 7 heteroatoms. The van der Waals surface area contributed by atoms with E-state index >= 15 is 0 Å². The van der Waals surface area contributed by atoms with Crippen LogP contribution in [-0.4, -0.2) is 16.8 Å². The summed E-state index contributed by atoms with van der Waals surface area (Å²) in [5.41, 5.74) is 1.48. The number of rotatable bonds is 4. The van der Waals surface area contributed by atoms with E-state index in [0.29, 0.717) is 20.7 Å². The van der Waals surface area contributed by atoms with E-state index < -0.39 is 0 Å². The molecule has 0 atom stereocenters. The fraction of sp³-hybridized carbons (Fsp3) is 0.389. The van der Waals surface area contributed by atoms with Crippen LogP contribution in [0.3, 0.4) is 0 Å². The highest BCUT2D eigenvalue weighted by atomic mass is 35.5. The lowest BCUT2D eigenvalue weighted by molar-refractivity contribution is -0.120. The van der Waals surface area contributed by atoms with Gasteiger partial charge in [-0.05, 0) is 31.4 Å². The standard InChI is InChI=1S/C18H20ClN3O2S/c1-11-6-5-9-13(19)15(11)21-17(24)14-10-20-18(25-14)22-16(23)12-7-3-2-4-8-12/h5-6,9-10,12H,2-4,7-8H2,1H3,(H,21,24)(H,20,22,23). The van der Waals surface area contributed by atoms with Crippen LogP contribution in [0.15, 0.2) is 24.4 Å². The first-order chi connectivity index (χ1) is 12.0. The van der Waals surface area contributed by atoms with Gasteiger partial charge in [0.1, 0.15) is 4.88 Å². The first-order valence-electron chi connectivity index (χ1n) is 8.38.